The van der Waals surface area contributed by atoms with Crippen LogP contribution in [0.1, 0.15) is 23.6 Å². The van der Waals surface area contributed by atoms with E-state index < -0.39 is 11.9 Å². The molecule has 0 aliphatic carbocycles. The highest BCUT2D eigenvalue weighted by Gasteiger charge is 2.31. The zero-order valence-corrected chi connectivity index (χ0v) is 20.6. The summed E-state index contributed by atoms with van der Waals surface area (Å²) in [5.74, 6) is -1.19. The van der Waals surface area contributed by atoms with Crippen molar-refractivity contribution in [3.8, 4) is 0 Å². The van der Waals surface area contributed by atoms with Crippen LogP contribution >= 0.6 is 27.5 Å². The molecule has 1 unspecified atom stereocenters. The molecule has 2 amide bonds. The van der Waals surface area contributed by atoms with Crippen LogP contribution in [0.4, 0.5) is 4.39 Å². The van der Waals surface area contributed by atoms with Crippen molar-refractivity contribution in [3.63, 3.8) is 0 Å². The molecule has 3 aromatic rings. The lowest BCUT2D eigenvalue weighted by molar-refractivity contribution is -0.140. The van der Waals surface area contributed by atoms with Crippen molar-refractivity contribution in [2.45, 2.75) is 32.4 Å². The minimum atomic E-state index is -0.774. The van der Waals surface area contributed by atoms with E-state index in [1.54, 1.807) is 6.07 Å². The maximum atomic E-state index is 14.4. The highest BCUT2D eigenvalue weighted by molar-refractivity contribution is 9.10. The average Bonchev–Trinajstić information content (AvgIpc) is 2.79. The number of hydrogen-bond acceptors (Lipinski definition) is 2. The molecular weight excluding hydrogens is 507 g/mol. The second-order valence-corrected chi connectivity index (χ2v) is 8.95. The van der Waals surface area contributed by atoms with Crippen molar-refractivity contribution in [2.75, 3.05) is 6.54 Å². The Morgan fingerprint density at radius 2 is 1.73 bits per heavy atom. The van der Waals surface area contributed by atoms with Crippen molar-refractivity contribution in [1.82, 2.24) is 10.2 Å². The summed E-state index contributed by atoms with van der Waals surface area (Å²) in [5.41, 5.74) is 1.89. The molecule has 0 fully saturated rings. The Labute approximate surface area is 206 Å². The molecule has 3 aromatic carbocycles. The Morgan fingerprint density at radius 3 is 2.39 bits per heavy atom. The number of hydrogen-bond donors (Lipinski definition) is 1. The maximum absolute atomic E-state index is 14.4. The minimum Gasteiger partial charge on any atom is -0.355 e. The van der Waals surface area contributed by atoms with Crippen molar-refractivity contribution >= 4 is 39.3 Å². The van der Waals surface area contributed by atoms with Crippen molar-refractivity contribution in [3.05, 3.63) is 105 Å². The van der Waals surface area contributed by atoms with Crippen LogP contribution in [-0.4, -0.2) is 29.3 Å². The summed E-state index contributed by atoms with van der Waals surface area (Å²) < 4.78 is 15.3. The smallest absolute Gasteiger partial charge is 0.243 e. The zero-order chi connectivity index (χ0) is 23.8. The molecule has 0 aromatic heterocycles. The first kappa shape index (κ1) is 24.9. The molecule has 0 spiro atoms. The largest absolute Gasteiger partial charge is 0.355 e. The van der Waals surface area contributed by atoms with E-state index in [9.17, 15) is 14.0 Å². The lowest BCUT2D eigenvalue weighted by atomic mass is 10.0. The van der Waals surface area contributed by atoms with Crippen LogP contribution in [0, 0.1) is 5.82 Å². The zero-order valence-electron chi connectivity index (χ0n) is 18.2. The van der Waals surface area contributed by atoms with Gasteiger partial charge in [-0.1, -0.05) is 76.1 Å². The summed E-state index contributed by atoms with van der Waals surface area (Å²) >= 11 is 9.64. The van der Waals surface area contributed by atoms with E-state index in [4.69, 9.17) is 11.6 Å². The van der Waals surface area contributed by atoms with Crippen LogP contribution in [0.2, 0.25) is 5.02 Å². The fourth-order valence-electron chi connectivity index (χ4n) is 3.63. The van der Waals surface area contributed by atoms with E-state index in [1.165, 1.54) is 17.0 Å². The van der Waals surface area contributed by atoms with Crippen molar-refractivity contribution < 1.29 is 14.0 Å². The molecule has 0 bridgehead atoms. The van der Waals surface area contributed by atoms with E-state index in [0.29, 0.717) is 13.0 Å². The normalized spacial score (nSPS) is 11.6. The van der Waals surface area contributed by atoms with Gasteiger partial charge in [-0.05, 0) is 42.3 Å². The summed E-state index contributed by atoms with van der Waals surface area (Å²) in [4.78, 5) is 28.2. The van der Waals surface area contributed by atoms with E-state index in [2.05, 4.69) is 21.2 Å². The Bertz CT molecular complexity index is 1090. The van der Waals surface area contributed by atoms with Crippen LogP contribution in [0.25, 0.3) is 0 Å². The fourth-order valence-corrected chi connectivity index (χ4v) is 4.31. The van der Waals surface area contributed by atoms with Gasteiger partial charge in [0.15, 0.2) is 0 Å². The molecule has 1 N–H and O–H groups in total. The van der Waals surface area contributed by atoms with Gasteiger partial charge in [-0.15, -0.1) is 0 Å². The second-order valence-electron chi connectivity index (χ2n) is 7.63. The first-order chi connectivity index (χ1) is 15.9. The summed E-state index contributed by atoms with van der Waals surface area (Å²) in [6.07, 6.45) is 0.0849. The predicted molar refractivity (Wildman–Crippen MR) is 132 cm³/mol. The Morgan fingerprint density at radius 1 is 1.03 bits per heavy atom. The van der Waals surface area contributed by atoms with Crippen LogP contribution in [0.5, 0.6) is 0 Å². The van der Waals surface area contributed by atoms with Crippen molar-refractivity contribution in [1.29, 1.82) is 0 Å². The number of nitrogens with zero attached hydrogens (tertiary/aromatic N) is 1. The van der Waals surface area contributed by atoms with Gasteiger partial charge < -0.3 is 10.2 Å². The van der Waals surface area contributed by atoms with Gasteiger partial charge in [0, 0.05) is 34.6 Å². The highest BCUT2D eigenvalue weighted by Crippen LogP contribution is 2.23. The summed E-state index contributed by atoms with van der Waals surface area (Å²) in [5, 5.41) is 3.03. The van der Waals surface area contributed by atoms with Crippen LogP contribution in [0.3, 0.4) is 0 Å². The first-order valence-electron chi connectivity index (χ1n) is 10.7. The molecule has 0 aliphatic rings. The monoisotopic (exact) mass is 530 g/mol. The van der Waals surface area contributed by atoms with Crippen molar-refractivity contribution in [2.24, 2.45) is 0 Å². The van der Waals surface area contributed by atoms with Gasteiger partial charge in [0.25, 0.3) is 0 Å². The molecular formula is C26H25BrClFN2O2. The summed E-state index contributed by atoms with van der Waals surface area (Å²) in [6.45, 7) is 2.46. The van der Waals surface area contributed by atoms with Gasteiger partial charge in [-0.2, -0.15) is 0 Å². The quantitative estimate of drug-likeness (QED) is 0.393. The number of amides is 2. The van der Waals surface area contributed by atoms with Gasteiger partial charge in [-0.3, -0.25) is 9.59 Å². The molecule has 0 saturated heterocycles. The molecule has 0 heterocycles. The lowest BCUT2D eigenvalue weighted by Gasteiger charge is -2.31. The summed E-state index contributed by atoms with van der Waals surface area (Å²) in [7, 11) is 0. The van der Waals surface area contributed by atoms with E-state index in [-0.39, 0.29) is 35.4 Å². The minimum absolute atomic E-state index is 0.123. The lowest BCUT2D eigenvalue weighted by Crippen LogP contribution is -2.51. The van der Waals surface area contributed by atoms with Gasteiger partial charge in [0.2, 0.25) is 11.8 Å². The van der Waals surface area contributed by atoms with Crippen LogP contribution in [0.15, 0.2) is 77.3 Å². The molecule has 33 heavy (non-hydrogen) atoms. The highest BCUT2D eigenvalue weighted by atomic mass is 79.9. The van der Waals surface area contributed by atoms with Crippen LogP contribution < -0.4 is 5.32 Å². The summed E-state index contributed by atoms with van der Waals surface area (Å²) in [6, 6.07) is 20.6. The van der Waals surface area contributed by atoms with Crippen LogP contribution in [-0.2, 0) is 29.0 Å². The molecule has 172 valence electrons. The standard InChI is InChI=1S/C26H25BrClFN2O2/c1-2-30-26(33)24(15-18-8-4-3-5-9-18)31(17-19-10-6-11-20(27)14-19)25(32)16-21-22(28)12-7-13-23(21)29/h3-14,24H,2,15-17H2,1H3,(H,30,33). The molecule has 7 heteroatoms. The topological polar surface area (TPSA) is 49.4 Å². The van der Waals surface area contributed by atoms with Gasteiger partial charge in [0.1, 0.15) is 11.9 Å². The Hall–Kier alpha value is -2.70. The molecule has 0 aliphatic heterocycles. The number of rotatable bonds is 9. The van der Waals surface area contributed by atoms with Gasteiger partial charge in [0.05, 0.1) is 6.42 Å². The second kappa shape index (κ2) is 12.0. The van der Waals surface area contributed by atoms with E-state index >= 15 is 0 Å². The third-order valence-corrected chi connectivity index (χ3v) is 6.10. The number of carbonyl (C=O) groups excluding carboxylic acids is 2. The molecule has 0 saturated carbocycles. The third kappa shape index (κ3) is 6.89. The average molecular weight is 532 g/mol. The third-order valence-electron chi connectivity index (χ3n) is 5.25. The first-order valence-corrected chi connectivity index (χ1v) is 11.8. The number of halogens is 3. The van der Waals surface area contributed by atoms with Gasteiger partial charge in [-0.25, -0.2) is 4.39 Å². The maximum Gasteiger partial charge on any atom is 0.243 e. The molecule has 0 radical (unpaired) electrons. The number of likely N-dealkylation sites (N-methyl/N-ethyl adjacent to an activating group) is 1. The fraction of sp³-hybridized carbons (Fsp3) is 0.231. The van der Waals surface area contributed by atoms with Gasteiger partial charge >= 0.3 is 0 Å². The number of carbonyl (C=O) groups is 2. The molecule has 1 atom stereocenters. The predicted octanol–water partition coefficient (Wildman–Crippen LogP) is 5.56. The number of nitrogens with one attached hydrogen (secondary N) is 1. The SMILES string of the molecule is CCNC(=O)C(Cc1ccccc1)N(Cc1cccc(Br)c1)C(=O)Cc1c(F)cccc1Cl. The Kier molecular flexibility index (Phi) is 9.03. The Balaban J connectivity index is 1.99. The molecule has 3 rings (SSSR count). The number of benzene rings is 3. The van der Waals surface area contributed by atoms with E-state index in [1.807, 2.05) is 61.5 Å². The molecule has 4 nitrogen and oxygen atoms in total. The van der Waals surface area contributed by atoms with E-state index in [0.717, 1.165) is 15.6 Å².